The third-order valence-corrected chi connectivity index (χ3v) is 4.28. The second-order valence-corrected chi connectivity index (χ2v) is 6.77. The first kappa shape index (κ1) is 25.2. The van der Waals surface area contributed by atoms with Crippen molar-refractivity contribution < 1.29 is 14.0 Å². The first-order valence-corrected chi connectivity index (χ1v) is 10.8. The molecular formula is C18H41NO3P+. The van der Waals surface area contributed by atoms with Gasteiger partial charge >= 0.3 is 8.25 Å². The van der Waals surface area contributed by atoms with E-state index in [-0.39, 0.29) is 0 Å². The van der Waals surface area contributed by atoms with Gasteiger partial charge in [-0.3, -0.25) is 0 Å². The van der Waals surface area contributed by atoms with Gasteiger partial charge in [-0.05, 0) is 19.9 Å². The fourth-order valence-corrected chi connectivity index (χ4v) is 2.67. The fourth-order valence-electron chi connectivity index (χ4n) is 2.45. The zero-order valence-corrected chi connectivity index (χ0v) is 16.5. The molecule has 0 rings (SSSR count). The average molecular weight is 351 g/mol. The largest absolute Gasteiger partial charge is 0.694 e. The molecule has 0 radical (unpaired) electrons. The summed E-state index contributed by atoms with van der Waals surface area (Å²) in [5.74, 6) is 0. The van der Waals surface area contributed by atoms with Gasteiger partial charge in [0, 0.05) is 4.57 Å². The van der Waals surface area contributed by atoms with E-state index in [2.05, 4.69) is 11.4 Å². The molecule has 0 aliphatic heterocycles. The van der Waals surface area contributed by atoms with Crippen molar-refractivity contribution in [3.05, 3.63) is 0 Å². The minimum absolute atomic E-state index is 0.297. The molecule has 0 aromatic carbocycles. The van der Waals surface area contributed by atoms with Crippen LogP contribution in [-0.2, 0) is 9.09 Å². The van der Waals surface area contributed by atoms with E-state index in [1.54, 1.807) is 6.92 Å². The summed E-state index contributed by atoms with van der Waals surface area (Å²) < 4.78 is 13.6. The Bertz CT molecular complexity index is 214. The Labute approximate surface area is 145 Å². The minimum Gasteiger partial charge on any atom is -0.330 e. The molecule has 3 N–H and O–H groups in total. The van der Waals surface area contributed by atoms with Gasteiger partial charge in [0.1, 0.15) is 6.61 Å². The Hall–Kier alpha value is -0.0200. The molecule has 0 aromatic heterocycles. The van der Waals surface area contributed by atoms with Gasteiger partial charge in [0.25, 0.3) is 0 Å². The molecule has 0 amide bonds. The molecule has 0 spiro atoms. The molecule has 1 unspecified atom stereocenters. The summed E-state index contributed by atoms with van der Waals surface area (Å²) >= 11 is 0. The number of nitrogens with two attached hydrogens (primary N) is 1. The van der Waals surface area contributed by atoms with Crippen molar-refractivity contribution in [3.63, 3.8) is 0 Å². The van der Waals surface area contributed by atoms with E-state index >= 15 is 0 Å². The van der Waals surface area contributed by atoms with Crippen LogP contribution in [0, 0.1) is 0 Å². The zero-order valence-electron chi connectivity index (χ0n) is 15.6. The fraction of sp³-hybridized carbons (Fsp3) is 1.00. The number of hydrogen-bond acceptors (Lipinski definition) is 3. The predicted octanol–water partition coefficient (Wildman–Crippen LogP) is 6.10. The van der Waals surface area contributed by atoms with E-state index < -0.39 is 8.25 Å². The molecule has 23 heavy (non-hydrogen) atoms. The van der Waals surface area contributed by atoms with Crippen LogP contribution in [0.4, 0.5) is 0 Å². The first-order valence-electron chi connectivity index (χ1n) is 9.68. The van der Waals surface area contributed by atoms with Crippen molar-refractivity contribution in [1.82, 2.24) is 0 Å². The maximum atomic E-state index is 9.53. The first-order chi connectivity index (χ1) is 11.2. The van der Waals surface area contributed by atoms with E-state index in [4.69, 9.17) is 10.6 Å². The minimum atomic E-state index is -2.35. The topological polar surface area (TPSA) is 72.5 Å². The molecule has 0 bridgehead atoms. The van der Waals surface area contributed by atoms with Crippen LogP contribution >= 0.6 is 8.25 Å². The molecule has 0 aromatic rings. The Morgan fingerprint density at radius 1 is 0.739 bits per heavy atom. The Kier molecular flexibility index (Phi) is 26.6. The molecule has 140 valence electrons. The Morgan fingerprint density at radius 3 is 1.30 bits per heavy atom. The number of unbranched alkanes of at least 4 members (excludes halogenated alkanes) is 13. The second kappa shape index (κ2) is 24.2. The van der Waals surface area contributed by atoms with Crippen molar-refractivity contribution >= 4 is 8.25 Å². The molecule has 0 saturated heterocycles. The Morgan fingerprint density at radius 2 is 1.09 bits per heavy atom. The van der Waals surface area contributed by atoms with Gasteiger partial charge < -0.3 is 5.73 Å². The molecule has 4 nitrogen and oxygen atoms in total. The Balaban J connectivity index is 0. The molecule has 5 heteroatoms. The van der Waals surface area contributed by atoms with Gasteiger partial charge in [-0.25, -0.2) is 0 Å². The van der Waals surface area contributed by atoms with Crippen LogP contribution in [0.2, 0.25) is 0 Å². The summed E-state index contributed by atoms with van der Waals surface area (Å²) in [6.45, 7) is 5.11. The lowest BCUT2D eigenvalue weighted by Gasteiger charge is -2.02. The van der Waals surface area contributed by atoms with E-state index in [0.29, 0.717) is 6.61 Å². The normalized spacial score (nSPS) is 11.0. The van der Waals surface area contributed by atoms with Crippen LogP contribution < -0.4 is 5.73 Å². The van der Waals surface area contributed by atoms with Crippen molar-refractivity contribution in [1.29, 1.82) is 0 Å². The molecule has 0 aliphatic rings. The van der Waals surface area contributed by atoms with Gasteiger partial charge in [-0.1, -0.05) is 90.4 Å². The van der Waals surface area contributed by atoms with E-state index in [1.165, 1.54) is 89.9 Å². The molecular weight excluding hydrogens is 309 g/mol. The van der Waals surface area contributed by atoms with Gasteiger partial charge in [-0.2, -0.15) is 0 Å². The van der Waals surface area contributed by atoms with E-state index in [9.17, 15) is 4.57 Å². The molecule has 0 heterocycles. The summed E-state index contributed by atoms with van der Waals surface area (Å²) in [5, 5.41) is 0. The lowest BCUT2D eigenvalue weighted by Crippen LogP contribution is -1.97. The van der Waals surface area contributed by atoms with Crippen molar-refractivity contribution in [2.75, 3.05) is 13.2 Å². The standard InChI is InChI=1S/C16H35N.C2H5O3P/c1-2-3-4-5-6-7-8-9-10-11-12-13-14-15-16-17;1-2-5-6(3)4/h2-17H2,1H3;2H2,1H3/p+1. The highest BCUT2D eigenvalue weighted by Crippen LogP contribution is 2.13. The van der Waals surface area contributed by atoms with Crippen LogP contribution in [0.15, 0.2) is 0 Å². The summed E-state index contributed by atoms with van der Waals surface area (Å²) in [6.07, 6.45) is 19.9. The van der Waals surface area contributed by atoms with Gasteiger partial charge in [-0.15, -0.1) is 9.42 Å². The quantitative estimate of drug-likeness (QED) is 0.260. The second-order valence-electron chi connectivity index (χ2n) is 6.04. The summed E-state index contributed by atoms with van der Waals surface area (Å²) in [6, 6.07) is 0. The predicted molar refractivity (Wildman–Crippen MR) is 101 cm³/mol. The highest BCUT2D eigenvalue weighted by molar-refractivity contribution is 7.32. The van der Waals surface area contributed by atoms with Gasteiger partial charge in [0.2, 0.25) is 0 Å². The van der Waals surface area contributed by atoms with Crippen LogP contribution in [-0.4, -0.2) is 18.0 Å². The number of rotatable bonds is 16. The van der Waals surface area contributed by atoms with Crippen LogP contribution in [0.5, 0.6) is 0 Å². The SMILES string of the molecule is CCCCCCCCCCCCCCCCN.CCO[P+](=O)O. The van der Waals surface area contributed by atoms with Gasteiger partial charge in [0.15, 0.2) is 0 Å². The van der Waals surface area contributed by atoms with Crippen LogP contribution in [0.25, 0.3) is 0 Å². The smallest absolute Gasteiger partial charge is 0.330 e. The lowest BCUT2D eigenvalue weighted by molar-refractivity contribution is 0.297. The van der Waals surface area contributed by atoms with Crippen molar-refractivity contribution in [3.8, 4) is 0 Å². The zero-order chi connectivity index (χ0) is 17.6. The maximum absolute atomic E-state index is 9.53. The summed E-state index contributed by atoms with van der Waals surface area (Å²) in [7, 11) is -2.35. The van der Waals surface area contributed by atoms with Gasteiger partial charge in [0.05, 0.1) is 0 Å². The van der Waals surface area contributed by atoms with Crippen LogP contribution in [0.3, 0.4) is 0 Å². The van der Waals surface area contributed by atoms with Crippen LogP contribution in [0.1, 0.15) is 104 Å². The average Bonchev–Trinajstić information content (AvgIpc) is 2.52. The summed E-state index contributed by atoms with van der Waals surface area (Å²) in [4.78, 5) is 7.84. The highest BCUT2D eigenvalue weighted by atomic mass is 31.1. The van der Waals surface area contributed by atoms with E-state index in [1.807, 2.05) is 0 Å². The molecule has 1 atom stereocenters. The van der Waals surface area contributed by atoms with Crippen molar-refractivity contribution in [2.24, 2.45) is 5.73 Å². The molecule has 0 aliphatic carbocycles. The van der Waals surface area contributed by atoms with Crippen molar-refractivity contribution in [2.45, 2.75) is 104 Å². The molecule has 0 fully saturated rings. The lowest BCUT2D eigenvalue weighted by atomic mass is 10.0. The molecule has 0 saturated carbocycles. The maximum Gasteiger partial charge on any atom is 0.694 e. The third kappa shape index (κ3) is 30.4. The number of hydrogen-bond donors (Lipinski definition) is 2. The summed E-state index contributed by atoms with van der Waals surface area (Å²) in [5.41, 5.74) is 5.47. The third-order valence-electron chi connectivity index (χ3n) is 3.80. The monoisotopic (exact) mass is 350 g/mol. The van der Waals surface area contributed by atoms with E-state index in [0.717, 1.165) is 6.54 Å². The highest BCUT2D eigenvalue weighted by Gasteiger charge is 2.06.